The van der Waals surface area contributed by atoms with Crippen LogP contribution < -0.4 is 14.8 Å². The molecule has 2 heterocycles. The molecule has 1 N–H and O–H groups in total. The van der Waals surface area contributed by atoms with Crippen molar-refractivity contribution in [1.29, 1.82) is 0 Å². The summed E-state index contributed by atoms with van der Waals surface area (Å²) in [4.78, 5) is 13.1. The number of para-hydroxylation sites is 1. The van der Waals surface area contributed by atoms with Gasteiger partial charge in [-0.25, -0.2) is 0 Å². The highest BCUT2D eigenvalue weighted by Gasteiger charge is 2.16. The van der Waals surface area contributed by atoms with Gasteiger partial charge >= 0.3 is 0 Å². The van der Waals surface area contributed by atoms with Crippen molar-refractivity contribution in [2.24, 2.45) is 0 Å². The molecule has 0 radical (unpaired) electrons. The number of aromatic nitrogens is 1. The summed E-state index contributed by atoms with van der Waals surface area (Å²) in [6.45, 7) is 0.318. The fraction of sp³-hybridized carbons (Fsp3) is 0.200. The lowest BCUT2D eigenvalue weighted by Crippen LogP contribution is -2.18. The average molecular weight is 398 g/mol. The highest BCUT2D eigenvalue weighted by atomic mass is 32.2. The maximum absolute atomic E-state index is 12.1. The smallest absolute Gasteiger partial charge is 0.250 e. The lowest BCUT2D eigenvalue weighted by molar-refractivity contribution is -0.121. The monoisotopic (exact) mass is 398 g/mol. The normalized spacial score (nSPS) is 12.2. The Labute approximate surface area is 166 Å². The van der Waals surface area contributed by atoms with Crippen LogP contribution in [0.5, 0.6) is 11.5 Å². The lowest BCUT2D eigenvalue weighted by atomic mass is 10.1. The summed E-state index contributed by atoms with van der Waals surface area (Å²) < 4.78 is 21.5. The average Bonchev–Trinajstić information content (AvgIpc) is 3.37. The van der Waals surface area contributed by atoms with Crippen LogP contribution in [0.1, 0.15) is 5.69 Å². The summed E-state index contributed by atoms with van der Waals surface area (Å²) in [5.74, 6) is 1.76. The minimum Gasteiger partial charge on any atom is -0.454 e. The summed E-state index contributed by atoms with van der Waals surface area (Å²) in [7, 11) is 0. The van der Waals surface area contributed by atoms with Crippen LogP contribution in [0, 0.1) is 0 Å². The molecule has 144 valence electrons. The first-order chi connectivity index (χ1) is 13.7. The van der Waals surface area contributed by atoms with Crippen molar-refractivity contribution in [2.75, 3.05) is 25.0 Å². The predicted octanol–water partition coefficient (Wildman–Crippen LogP) is 3.95. The van der Waals surface area contributed by atoms with Gasteiger partial charge < -0.3 is 24.1 Å². The zero-order valence-corrected chi connectivity index (χ0v) is 16.0. The molecule has 8 heteroatoms. The Morgan fingerprint density at radius 3 is 2.93 bits per heavy atom. The van der Waals surface area contributed by atoms with Crippen molar-refractivity contribution in [2.45, 2.75) is 11.5 Å². The molecule has 28 heavy (non-hydrogen) atoms. The van der Waals surface area contributed by atoms with Crippen molar-refractivity contribution in [3.8, 4) is 22.8 Å². The number of amides is 1. The van der Waals surface area contributed by atoms with E-state index >= 15 is 0 Å². The van der Waals surface area contributed by atoms with E-state index in [4.69, 9.17) is 18.7 Å². The van der Waals surface area contributed by atoms with E-state index in [2.05, 4.69) is 10.5 Å². The molecule has 4 rings (SSSR count). The molecule has 1 aliphatic rings. The number of hydrogen-bond donors (Lipinski definition) is 1. The van der Waals surface area contributed by atoms with Gasteiger partial charge in [0.1, 0.15) is 12.3 Å². The summed E-state index contributed by atoms with van der Waals surface area (Å²) >= 11 is 1.57. The fourth-order valence-electron chi connectivity index (χ4n) is 2.75. The van der Waals surface area contributed by atoms with E-state index in [0.717, 1.165) is 16.1 Å². The molecule has 0 atom stereocenters. The Hall–Kier alpha value is -2.97. The van der Waals surface area contributed by atoms with Crippen LogP contribution in [0.4, 0.5) is 5.69 Å². The minimum atomic E-state index is -0.221. The molecule has 0 fully saturated rings. The van der Waals surface area contributed by atoms with E-state index in [1.807, 2.05) is 48.7 Å². The van der Waals surface area contributed by atoms with Gasteiger partial charge in [0.2, 0.25) is 12.7 Å². The highest BCUT2D eigenvalue weighted by molar-refractivity contribution is 7.98. The third kappa shape index (κ3) is 4.13. The van der Waals surface area contributed by atoms with Crippen molar-refractivity contribution < 1.29 is 23.5 Å². The minimum absolute atomic E-state index is 0.0745. The first-order valence-electron chi connectivity index (χ1n) is 8.59. The first-order valence-corrected chi connectivity index (χ1v) is 9.81. The molecule has 0 saturated heterocycles. The van der Waals surface area contributed by atoms with Crippen LogP contribution in [0.2, 0.25) is 0 Å². The predicted molar refractivity (Wildman–Crippen MR) is 105 cm³/mol. The number of anilines is 1. The van der Waals surface area contributed by atoms with Gasteiger partial charge in [0.15, 0.2) is 17.3 Å². The van der Waals surface area contributed by atoms with E-state index in [9.17, 15) is 4.79 Å². The van der Waals surface area contributed by atoms with E-state index in [1.165, 1.54) is 0 Å². The largest absolute Gasteiger partial charge is 0.454 e. The van der Waals surface area contributed by atoms with Gasteiger partial charge in [-0.15, -0.1) is 11.8 Å². The number of nitrogens with zero attached hydrogens (tertiary/aromatic N) is 1. The Morgan fingerprint density at radius 1 is 1.18 bits per heavy atom. The van der Waals surface area contributed by atoms with E-state index in [1.54, 1.807) is 17.8 Å². The van der Waals surface area contributed by atoms with Crippen molar-refractivity contribution in [1.82, 2.24) is 5.16 Å². The molecule has 0 saturated carbocycles. The molecule has 1 aromatic heterocycles. The summed E-state index contributed by atoms with van der Waals surface area (Å²) in [6, 6.07) is 14.9. The number of rotatable bonds is 7. The van der Waals surface area contributed by atoms with E-state index in [-0.39, 0.29) is 25.9 Å². The van der Waals surface area contributed by atoms with Gasteiger partial charge in [-0.3, -0.25) is 4.79 Å². The maximum atomic E-state index is 12.1. The summed E-state index contributed by atoms with van der Waals surface area (Å²) in [5, 5.41) is 6.84. The quantitative estimate of drug-likeness (QED) is 0.604. The van der Waals surface area contributed by atoms with Gasteiger partial charge in [-0.05, 0) is 36.6 Å². The number of fused-ring (bicyclic) bond motifs is 1. The first kappa shape index (κ1) is 18.4. The van der Waals surface area contributed by atoms with Gasteiger partial charge in [0.05, 0.1) is 12.3 Å². The Bertz CT molecular complexity index is 988. The third-order valence-corrected chi connectivity index (χ3v) is 4.88. The standard InChI is InChI=1S/C20H18N2O5S/c1-28-19-5-3-2-4-15(19)21-20(23)11-24-10-14-9-17(27-22-14)13-6-7-16-18(8-13)26-12-25-16/h2-9H,10-12H2,1H3,(H,21,23). The number of hydrogen-bond acceptors (Lipinski definition) is 7. The highest BCUT2D eigenvalue weighted by Crippen LogP contribution is 2.36. The molecule has 0 bridgehead atoms. The van der Waals surface area contributed by atoms with Crippen molar-refractivity contribution in [3.05, 3.63) is 54.2 Å². The second-order valence-electron chi connectivity index (χ2n) is 5.99. The van der Waals surface area contributed by atoms with Crippen LogP contribution in [0.3, 0.4) is 0 Å². The zero-order chi connectivity index (χ0) is 19.3. The molecule has 7 nitrogen and oxygen atoms in total. The number of thioether (sulfide) groups is 1. The van der Waals surface area contributed by atoms with Gasteiger partial charge in [-0.2, -0.15) is 0 Å². The second kappa shape index (κ2) is 8.37. The van der Waals surface area contributed by atoms with Gasteiger partial charge in [0, 0.05) is 16.5 Å². The van der Waals surface area contributed by atoms with Crippen LogP contribution in [-0.4, -0.2) is 30.7 Å². The van der Waals surface area contributed by atoms with Crippen LogP contribution >= 0.6 is 11.8 Å². The fourth-order valence-corrected chi connectivity index (χ4v) is 3.30. The van der Waals surface area contributed by atoms with Crippen molar-refractivity contribution >= 4 is 23.4 Å². The molecule has 0 aliphatic carbocycles. The molecule has 1 aliphatic heterocycles. The van der Waals surface area contributed by atoms with Gasteiger partial charge in [-0.1, -0.05) is 17.3 Å². The Morgan fingerprint density at radius 2 is 2.04 bits per heavy atom. The summed E-state index contributed by atoms with van der Waals surface area (Å²) in [6.07, 6.45) is 1.96. The van der Waals surface area contributed by atoms with E-state index in [0.29, 0.717) is 23.0 Å². The molecular formula is C20H18N2O5S. The molecule has 0 spiro atoms. The molecule has 1 amide bonds. The topological polar surface area (TPSA) is 82.8 Å². The molecular weight excluding hydrogens is 380 g/mol. The van der Waals surface area contributed by atoms with Crippen molar-refractivity contribution in [3.63, 3.8) is 0 Å². The number of nitrogens with one attached hydrogen (secondary N) is 1. The zero-order valence-electron chi connectivity index (χ0n) is 15.1. The SMILES string of the molecule is CSc1ccccc1NC(=O)COCc1cc(-c2ccc3c(c2)OCO3)on1. The summed E-state index contributed by atoms with van der Waals surface area (Å²) in [5.41, 5.74) is 2.20. The third-order valence-electron chi connectivity index (χ3n) is 4.08. The maximum Gasteiger partial charge on any atom is 0.250 e. The Kier molecular flexibility index (Phi) is 5.50. The molecule has 3 aromatic rings. The number of ether oxygens (including phenoxy) is 3. The van der Waals surface area contributed by atoms with Gasteiger partial charge in [0.25, 0.3) is 0 Å². The number of carbonyl (C=O) groups excluding carboxylic acids is 1. The Balaban J connectivity index is 1.30. The van der Waals surface area contributed by atoms with Crippen LogP contribution in [0.25, 0.3) is 11.3 Å². The molecule has 2 aromatic carbocycles. The number of benzene rings is 2. The second-order valence-corrected chi connectivity index (χ2v) is 6.84. The van der Waals surface area contributed by atoms with Crippen LogP contribution in [0.15, 0.2) is 57.9 Å². The molecule has 0 unspecified atom stereocenters. The lowest BCUT2D eigenvalue weighted by Gasteiger charge is -2.09. The van der Waals surface area contributed by atoms with E-state index < -0.39 is 0 Å². The number of carbonyl (C=O) groups is 1. The van der Waals surface area contributed by atoms with Crippen LogP contribution in [-0.2, 0) is 16.1 Å².